The van der Waals surface area contributed by atoms with Crippen LogP contribution in [-0.4, -0.2) is 45.9 Å². The molecule has 1 unspecified atom stereocenters. The lowest BCUT2D eigenvalue weighted by Gasteiger charge is -2.39. The molecule has 0 spiro atoms. The number of hydrogen-bond acceptors (Lipinski definition) is 3. The maximum absolute atomic E-state index is 12.6. The van der Waals surface area contributed by atoms with Crippen LogP contribution in [0.2, 0.25) is 5.02 Å². The number of nitrogens with zero attached hydrogens (tertiary/aromatic N) is 3. The zero-order valence-electron chi connectivity index (χ0n) is 12.7. The van der Waals surface area contributed by atoms with E-state index in [1.54, 1.807) is 23.6 Å². The highest BCUT2D eigenvalue weighted by Gasteiger charge is 2.34. The summed E-state index contributed by atoms with van der Waals surface area (Å²) >= 11 is 6.19. The summed E-state index contributed by atoms with van der Waals surface area (Å²) in [4.78, 5) is 14.4. The Balaban J connectivity index is 2.20. The SMILES string of the molecule is Cc1nn(C)c(C(=O)N(C)C2CCOC(C)(C)C2)c1Cl. The molecule has 0 saturated carbocycles. The van der Waals surface area contributed by atoms with Crippen LogP contribution in [0.25, 0.3) is 0 Å². The number of carbonyl (C=O) groups is 1. The van der Waals surface area contributed by atoms with Crippen LogP contribution in [0, 0.1) is 6.92 Å². The normalized spacial score (nSPS) is 21.8. The lowest BCUT2D eigenvalue weighted by atomic mass is 9.93. The number of halogens is 1. The molecule has 0 aromatic carbocycles. The number of amides is 1. The van der Waals surface area contributed by atoms with Crippen molar-refractivity contribution in [2.75, 3.05) is 13.7 Å². The second-order valence-corrected chi connectivity index (χ2v) is 6.42. The molecule has 5 nitrogen and oxygen atoms in total. The van der Waals surface area contributed by atoms with E-state index in [1.807, 2.05) is 7.05 Å². The second kappa shape index (κ2) is 5.37. The van der Waals surface area contributed by atoms with Crippen molar-refractivity contribution in [3.05, 3.63) is 16.4 Å². The molecule has 112 valence electrons. The topological polar surface area (TPSA) is 47.4 Å². The zero-order chi connectivity index (χ0) is 15.1. The van der Waals surface area contributed by atoms with Gasteiger partial charge in [0.1, 0.15) is 5.69 Å². The van der Waals surface area contributed by atoms with E-state index in [1.165, 1.54) is 0 Å². The average Bonchev–Trinajstić information content (AvgIpc) is 2.60. The molecule has 1 saturated heterocycles. The fraction of sp³-hybridized carbons (Fsp3) is 0.714. The molecule has 0 N–H and O–H groups in total. The van der Waals surface area contributed by atoms with Crippen LogP contribution >= 0.6 is 11.6 Å². The molecule has 1 aromatic rings. The van der Waals surface area contributed by atoms with Gasteiger partial charge in [0.05, 0.1) is 16.3 Å². The van der Waals surface area contributed by atoms with Crippen LogP contribution in [0.5, 0.6) is 0 Å². The quantitative estimate of drug-likeness (QED) is 0.842. The van der Waals surface area contributed by atoms with Gasteiger partial charge >= 0.3 is 0 Å². The van der Waals surface area contributed by atoms with Crippen LogP contribution in [0.15, 0.2) is 0 Å². The van der Waals surface area contributed by atoms with Crippen LogP contribution in [0.1, 0.15) is 42.9 Å². The number of hydrogen-bond donors (Lipinski definition) is 0. The highest BCUT2D eigenvalue weighted by Crippen LogP contribution is 2.29. The standard InChI is InChI=1S/C14H22ClN3O2/c1-9-11(15)12(18(5)16-9)13(19)17(4)10-6-7-20-14(2,3)8-10/h10H,6-8H2,1-5H3. The molecule has 20 heavy (non-hydrogen) atoms. The fourth-order valence-electron chi connectivity index (χ4n) is 2.73. The summed E-state index contributed by atoms with van der Waals surface area (Å²) < 4.78 is 7.26. The van der Waals surface area contributed by atoms with Gasteiger partial charge in [0.15, 0.2) is 0 Å². The van der Waals surface area contributed by atoms with Gasteiger partial charge in [-0.25, -0.2) is 0 Å². The molecule has 1 aromatic heterocycles. The molecular formula is C14H22ClN3O2. The Morgan fingerprint density at radius 2 is 2.20 bits per heavy atom. The van der Waals surface area contributed by atoms with Crippen molar-refractivity contribution in [3.8, 4) is 0 Å². The number of aromatic nitrogens is 2. The summed E-state index contributed by atoms with van der Waals surface area (Å²) in [6.45, 7) is 6.58. The minimum absolute atomic E-state index is 0.0826. The van der Waals surface area contributed by atoms with E-state index in [-0.39, 0.29) is 17.6 Å². The van der Waals surface area contributed by atoms with Crippen molar-refractivity contribution < 1.29 is 9.53 Å². The maximum Gasteiger partial charge on any atom is 0.273 e. The Kier molecular flexibility index (Phi) is 4.12. The van der Waals surface area contributed by atoms with Gasteiger partial charge in [-0.1, -0.05) is 11.6 Å². The van der Waals surface area contributed by atoms with Crippen molar-refractivity contribution in [1.29, 1.82) is 0 Å². The average molecular weight is 300 g/mol. The van der Waals surface area contributed by atoms with Crippen molar-refractivity contribution in [3.63, 3.8) is 0 Å². The molecule has 1 aliphatic heterocycles. The Hall–Kier alpha value is -1.07. The minimum atomic E-state index is -0.191. The van der Waals surface area contributed by atoms with E-state index in [2.05, 4.69) is 18.9 Å². The zero-order valence-corrected chi connectivity index (χ0v) is 13.5. The first-order valence-electron chi connectivity index (χ1n) is 6.83. The third-order valence-electron chi connectivity index (χ3n) is 3.89. The van der Waals surface area contributed by atoms with Crippen molar-refractivity contribution in [2.24, 2.45) is 7.05 Å². The highest BCUT2D eigenvalue weighted by atomic mass is 35.5. The van der Waals surface area contributed by atoms with Gasteiger partial charge in [-0.05, 0) is 33.6 Å². The second-order valence-electron chi connectivity index (χ2n) is 6.04. The number of carbonyl (C=O) groups excluding carboxylic acids is 1. The lowest BCUT2D eigenvalue weighted by Crippen LogP contribution is -2.47. The molecule has 6 heteroatoms. The third-order valence-corrected chi connectivity index (χ3v) is 4.34. The van der Waals surface area contributed by atoms with Crippen molar-refractivity contribution in [2.45, 2.75) is 45.3 Å². The first-order valence-corrected chi connectivity index (χ1v) is 7.21. The number of ether oxygens (including phenoxy) is 1. The molecule has 1 aliphatic rings. The van der Waals surface area contributed by atoms with Gasteiger partial charge in [-0.3, -0.25) is 9.48 Å². The summed E-state index contributed by atoms with van der Waals surface area (Å²) in [5.41, 5.74) is 0.943. The summed E-state index contributed by atoms with van der Waals surface area (Å²) in [5, 5.41) is 4.64. The van der Waals surface area contributed by atoms with E-state index < -0.39 is 0 Å². The van der Waals surface area contributed by atoms with Crippen LogP contribution < -0.4 is 0 Å². The van der Waals surface area contributed by atoms with E-state index in [0.29, 0.717) is 23.0 Å². The summed E-state index contributed by atoms with van der Waals surface area (Å²) in [6.07, 6.45) is 1.67. The van der Waals surface area contributed by atoms with Gasteiger partial charge in [-0.15, -0.1) is 0 Å². The van der Waals surface area contributed by atoms with Crippen molar-refractivity contribution in [1.82, 2.24) is 14.7 Å². The van der Waals surface area contributed by atoms with E-state index in [9.17, 15) is 4.79 Å². The minimum Gasteiger partial charge on any atom is -0.375 e. The molecule has 0 bridgehead atoms. The monoisotopic (exact) mass is 299 g/mol. The van der Waals surface area contributed by atoms with Gasteiger partial charge in [0.2, 0.25) is 0 Å². The van der Waals surface area contributed by atoms with Crippen LogP contribution in [-0.2, 0) is 11.8 Å². The summed E-state index contributed by atoms with van der Waals surface area (Å²) in [5.74, 6) is -0.0826. The highest BCUT2D eigenvalue weighted by molar-refractivity contribution is 6.34. The molecule has 0 radical (unpaired) electrons. The molecule has 1 fully saturated rings. The predicted molar refractivity (Wildman–Crippen MR) is 78.1 cm³/mol. The first kappa shape index (κ1) is 15.3. The maximum atomic E-state index is 12.6. The summed E-state index contributed by atoms with van der Waals surface area (Å²) in [6, 6.07) is 0.164. The van der Waals surface area contributed by atoms with Crippen LogP contribution in [0.4, 0.5) is 0 Å². The Morgan fingerprint density at radius 1 is 1.55 bits per heavy atom. The van der Waals surface area contributed by atoms with E-state index >= 15 is 0 Å². The summed E-state index contributed by atoms with van der Waals surface area (Å²) in [7, 11) is 3.57. The Labute approximate surface area is 124 Å². The fourth-order valence-corrected chi connectivity index (χ4v) is 2.97. The van der Waals surface area contributed by atoms with E-state index in [4.69, 9.17) is 16.3 Å². The third kappa shape index (κ3) is 2.83. The lowest BCUT2D eigenvalue weighted by molar-refractivity contribution is -0.0756. The Bertz CT molecular complexity index is 525. The largest absolute Gasteiger partial charge is 0.375 e. The van der Waals surface area contributed by atoms with Gasteiger partial charge in [0.25, 0.3) is 5.91 Å². The van der Waals surface area contributed by atoms with Gasteiger partial charge in [-0.2, -0.15) is 5.10 Å². The Morgan fingerprint density at radius 3 is 2.70 bits per heavy atom. The van der Waals surface area contributed by atoms with Crippen LogP contribution in [0.3, 0.4) is 0 Å². The number of rotatable bonds is 2. The molecule has 2 heterocycles. The molecule has 0 aliphatic carbocycles. The molecule has 1 atom stereocenters. The molecule has 2 rings (SSSR count). The van der Waals surface area contributed by atoms with Crippen molar-refractivity contribution >= 4 is 17.5 Å². The smallest absolute Gasteiger partial charge is 0.273 e. The van der Waals surface area contributed by atoms with Gasteiger partial charge < -0.3 is 9.64 Å². The first-order chi connectivity index (χ1) is 9.23. The van der Waals surface area contributed by atoms with Gasteiger partial charge in [0, 0.05) is 26.7 Å². The molecular weight excluding hydrogens is 278 g/mol. The predicted octanol–water partition coefficient (Wildman–Crippen LogP) is 2.41. The van der Waals surface area contributed by atoms with E-state index in [0.717, 1.165) is 12.8 Å². The number of aryl methyl sites for hydroxylation is 2. The molecule has 1 amide bonds.